The van der Waals surface area contributed by atoms with Crippen molar-refractivity contribution in [2.45, 2.75) is 12.5 Å². The van der Waals surface area contributed by atoms with Gasteiger partial charge in [0.25, 0.3) is 0 Å². The molecule has 0 spiro atoms. The van der Waals surface area contributed by atoms with E-state index in [-0.39, 0.29) is 6.42 Å². The van der Waals surface area contributed by atoms with E-state index in [1.54, 1.807) is 6.08 Å². The lowest BCUT2D eigenvalue weighted by Gasteiger charge is -2.11. The number of carbonyl (C=O) groups is 1. The minimum Gasteiger partial charge on any atom is -0.442 e. The number of hydrogen-bond donors (Lipinski definition) is 0. The largest absolute Gasteiger partial charge is 0.442 e. The Hall–Kier alpha value is -3.38. The van der Waals surface area contributed by atoms with Crippen LogP contribution in [0.1, 0.15) is 23.7 Å². The number of nitriles is 1. The standard InChI is InChI=1S/C22H17NO2/c23-16-21(20-14-13-18-10-4-5-11-19(18)15-20)25-22(24)12-6-9-17-7-2-1-3-8-17/h1-11,13-15,21H,12H2. The van der Waals surface area contributed by atoms with Gasteiger partial charge in [-0.05, 0) is 22.4 Å². The molecule has 0 saturated heterocycles. The first-order valence-corrected chi connectivity index (χ1v) is 8.05. The zero-order chi connectivity index (χ0) is 17.5. The Balaban J connectivity index is 1.65. The van der Waals surface area contributed by atoms with Gasteiger partial charge in [-0.1, -0.05) is 78.9 Å². The van der Waals surface area contributed by atoms with Gasteiger partial charge in [-0.3, -0.25) is 4.79 Å². The molecule has 0 bridgehead atoms. The van der Waals surface area contributed by atoms with Gasteiger partial charge in [0, 0.05) is 5.56 Å². The molecule has 0 aliphatic rings. The summed E-state index contributed by atoms with van der Waals surface area (Å²) in [6.07, 6.45) is 2.83. The van der Waals surface area contributed by atoms with E-state index in [1.165, 1.54) is 0 Å². The number of rotatable bonds is 5. The number of ether oxygens (including phenoxy) is 1. The molecule has 3 rings (SSSR count). The number of fused-ring (bicyclic) bond motifs is 1. The predicted molar refractivity (Wildman–Crippen MR) is 98.5 cm³/mol. The summed E-state index contributed by atoms with van der Waals surface area (Å²) < 4.78 is 5.32. The van der Waals surface area contributed by atoms with Crippen molar-refractivity contribution in [3.05, 3.63) is 90.0 Å². The molecule has 0 N–H and O–H groups in total. The average molecular weight is 327 g/mol. The molecule has 3 heteroatoms. The van der Waals surface area contributed by atoms with Crippen LogP contribution in [0.4, 0.5) is 0 Å². The van der Waals surface area contributed by atoms with Crippen LogP contribution in [0.5, 0.6) is 0 Å². The molecule has 3 nitrogen and oxygen atoms in total. The van der Waals surface area contributed by atoms with Crippen LogP contribution in [0.15, 0.2) is 78.9 Å². The smallest absolute Gasteiger partial charge is 0.311 e. The van der Waals surface area contributed by atoms with E-state index < -0.39 is 12.1 Å². The maximum absolute atomic E-state index is 12.0. The summed E-state index contributed by atoms with van der Waals surface area (Å²) in [5.74, 6) is -0.424. The van der Waals surface area contributed by atoms with Crippen LogP contribution in [0.25, 0.3) is 16.8 Å². The van der Waals surface area contributed by atoms with Crippen molar-refractivity contribution < 1.29 is 9.53 Å². The molecule has 0 aliphatic heterocycles. The van der Waals surface area contributed by atoms with Gasteiger partial charge in [-0.15, -0.1) is 0 Å². The van der Waals surface area contributed by atoms with Crippen molar-refractivity contribution in [1.82, 2.24) is 0 Å². The lowest BCUT2D eigenvalue weighted by atomic mass is 10.0. The molecule has 0 fully saturated rings. The topological polar surface area (TPSA) is 50.1 Å². The Bertz CT molecular complexity index is 939. The Morgan fingerprint density at radius 2 is 1.72 bits per heavy atom. The van der Waals surface area contributed by atoms with Crippen LogP contribution in [0.2, 0.25) is 0 Å². The van der Waals surface area contributed by atoms with Crippen molar-refractivity contribution in [3.8, 4) is 6.07 Å². The zero-order valence-corrected chi connectivity index (χ0v) is 13.6. The molecule has 0 aliphatic carbocycles. The third-order valence-electron chi connectivity index (χ3n) is 3.84. The normalized spacial score (nSPS) is 12.0. The second-order valence-electron chi connectivity index (χ2n) is 5.62. The van der Waals surface area contributed by atoms with Gasteiger partial charge in [0.05, 0.1) is 6.42 Å². The summed E-state index contributed by atoms with van der Waals surface area (Å²) in [7, 11) is 0. The van der Waals surface area contributed by atoms with Crippen LogP contribution >= 0.6 is 0 Å². The Morgan fingerprint density at radius 3 is 2.48 bits per heavy atom. The van der Waals surface area contributed by atoms with Crippen molar-refractivity contribution in [1.29, 1.82) is 5.26 Å². The summed E-state index contributed by atoms with van der Waals surface area (Å²) in [5.41, 5.74) is 1.70. The number of benzene rings is 3. The van der Waals surface area contributed by atoms with Gasteiger partial charge < -0.3 is 4.74 Å². The minimum absolute atomic E-state index is 0.126. The highest BCUT2D eigenvalue weighted by molar-refractivity contribution is 5.83. The molecule has 0 saturated carbocycles. The predicted octanol–water partition coefficient (Wildman–Crippen LogP) is 5.05. The third kappa shape index (κ3) is 4.33. The first-order valence-electron chi connectivity index (χ1n) is 8.05. The van der Waals surface area contributed by atoms with Crippen LogP contribution in [-0.4, -0.2) is 5.97 Å². The fourth-order valence-corrected chi connectivity index (χ4v) is 2.57. The molecule has 3 aromatic rings. The molecule has 25 heavy (non-hydrogen) atoms. The molecular formula is C22H17NO2. The molecule has 0 amide bonds. The summed E-state index contributed by atoms with van der Waals surface area (Å²) in [5, 5.41) is 11.5. The van der Waals surface area contributed by atoms with Crippen molar-refractivity contribution in [2.24, 2.45) is 0 Å². The van der Waals surface area contributed by atoms with Gasteiger partial charge in [0.1, 0.15) is 6.07 Å². The number of esters is 1. The molecule has 1 atom stereocenters. The molecule has 1 unspecified atom stereocenters. The lowest BCUT2D eigenvalue weighted by Crippen LogP contribution is -2.09. The molecule has 0 heterocycles. The van der Waals surface area contributed by atoms with E-state index in [0.29, 0.717) is 5.56 Å². The van der Waals surface area contributed by atoms with Crippen LogP contribution in [0.3, 0.4) is 0 Å². The Labute approximate surface area is 146 Å². The van der Waals surface area contributed by atoms with Crippen molar-refractivity contribution in [2.75, 3.05) is 0 Å². The van der Waals surface area contributed by atoms with Gasteiger partial charge in [-0.25, -0.2) is 0 Å². The molecule has 3 aromatic carbocycles. The van der Waals surface area contributed by atoms with Crippen molar-refractivity contribution >= 4 is 22.8 Å². The lowest BCUT2D eigenvalue weighted by molar-refractivity contribution is -0.145. The Morgan fingerprint density at radius 1 is 1.00 bits per heavy atom. The first kappa shape index (κ1) is 16.5. The van der Waals surface area contributed by atoms with E-state index in [0.717, 1.165) is 16.3 Å². The zero-order valence-electron chi connectivity index (χ0n) is 13.6. The van der Waals surface area contributed by atoms with Gasteiger partial charge in [0.2, 0.25) is 6.10 Å². The highest BCUT2D eigenvalue weighted by atomic mass is 16.5. The second kappa shape index (κ2) is 7.94. The van der Waals surface area contributed by atoms with Gasteiger partial charge >= 0.3 is 5.97 Å². The fraction of sp³-hybridized carbons (Fsp3) is 0.0909. The molecule has 122 valence electrons. The van der Waals surface area contributed by atoms with Gasteiger partial charge in [0.15, 0.2) is 0 Å². The van der Waals surface area contributed by atoms with Crippen LogP contribution in [0, 0.1) is 11.3 Å². The van der Waals surface area contributed by atoms with E-state index in [1.807, 2.05) is 78.9 Å². The first-order chi connectivity index (χ1) is 12.3. The Kier molecular flexibility index (Phi) is 5.23. The maximum atomic E-state index is 12.0. The average Bonchev–Trinajstić information content (AvgIpc) is 2.66. The quantitative estimate of drug-likeness (QED) is 0.616. The maximum Gasteiger partial charge on any atom is 0.311 e. The number of nitrogens with zero attached hydrogens (tertiary/aromatic N) is 1. The second-order valence-corrected chi connectivity index (χ2v) is 5.62. The monoisotopic (exact) mass is 327 g/mol. The van der Waals surface area contributed by atoms with Crippen LogP contribution in [-0.2, 0) is 9.53 Å². The molecular weight excluding hydrogens is 310 g/mol. The summed E-state index contributed by atoms with van der Waals surface area (Å²) in [4.78, 5) is 12.0. The summed E-state index contributed by atoms with van der Waals surface area (Å²) in [6.45, 7) is 0. The highest BCUT2D eigenvalue weighted by Crippen LogP contribution is 2.23. The van der Waals surface area contributed by atoms with Gasteiger partial charge in [-0.2, -0.15) is 5.26 Å². The van der Waals surface area contributed by atoms with Crippen LogP contribution < -0.4 is 0 Å². The van der Waals surface area contributed by atoms with E-state index in [4.69, 9.17) is 4.74 Å². The van der Waals surface area contributed by atoms with E-state index in [9.17, 15) is 10.1 Å². The number of carbonyl (C=O) groups excluding carboxylic acids is 1. The minimum atomic E-state index is -0.901. The van der Waals surface area contributed by atoms with E-state index in [2.05, 4.69) is 6.07 Å². The SMILES string of the molecule is N#CC(OC(=O)CC=Cc1ccccc1)c1ccc2ccccc2c1. The highest BCUT2D eigenvalue weighted by Gasteiger charge is 2.15. The fourth-order valence-electron chi connectivity index (χ4n) is 2.57. The number of hydrogen-bond acceptors (Lipinski definition) is 3. The third-order valence-corrected chi connectivity index (χ3v) is 3.84. The van der Waals surface area contributed by atoms with Crippen molar-refractivity contribution in [3.63, 3.8) is 0 Å². The summed E-state index contributed by atoms with van der Waals surface area (Å²) >= 11 is 0. The molecule has 0 aromatic heterocycles. The summed E-state index contributed by atoms with van der Waals surface area (Å²) in [6, 6.07) is 25.3. The van der Waals surface area contributed by atoms with E-state index >= 15 is 0 Å². The molecule has 0 radical (unpaired) electrons.